The number of hydrogen-bond acceptors (Lipinski definition) is 4. The van der Waals surface area contributed by atoms with Gasteiger partial charge in [0.15, 0.2) is 11.4 Å². The summed E-state index contributed by atoms with van der Waals surface area (Å²) in [6.45, 7) is 2.41. The van der Waals surface area contributed by atoms with E-state index in [4.69, 9.17) is 5.11 Å². The molecule has 1 saturated heterocycles. The van der Waals surface area contributed by atoms with Gasteiger partial charge in [-0.2, -0.15) is 0 Å². The summed E-state index contributed by atoms with van der Waals surface area (Å²) in [6.07, 6.45) is 4.76. The first-order chi connectivity index (χ1) is 12.2. The van der Waals surface area contributed by atoms with Gasteiger partial charge in [0, 0.05) is 6.54 Å². The fourth-order valence-electron chi connectivity index (χ4n) is 3.27. The highest BCUT2D eigenvalue weighted by Gasteiger charge is 2.25. The van der Waals surface area contributed by atoms with Crippen LogP contribution >= 0.6 is 0 Å². The Bertz CT molecular complexity index is 723. The van der Waals surface area contributed by atoms with Gasteiger partial charge in [0.2, 0.25) is 0 Å². The van der Waals surface area contributed by atoms with Crippen LogP contribution in [0.1, 0.15) is 51.8 Å². The summed E-state index contributed by atoms with van der Waals surface area (Å²) in [7, 11) is 0. The molecule has 2 heterocycles. The van der Waals surface area contributed by atoms with Crippen molar-refractivity contribution in [1.82, 2.24) is 20.2 Å². The maximum atomic E-state index is 12.4. The SMILES string of the molecule is O=C(NC[C@H](c1ccccc1)N1CCCCC1)c1nc[nH]c1C(=O)O. The highest BCUT2D eigenvalue weighted by molar-refractivity contribution is 6.02. The van der Waals surface area contributed by atoms with E-state index in [1.807, 2.05) is 18.2 Å². The number of carbonyl (C=O) groups is 2. The van der Waals surface area contributed by atoms with E-state index < -0.39 is 11.9 Å². The van der Waals surface area contributed by atoms with Crippen molar-refractivity contribution in [3.8, 4) is 0 Å². The van der Waals surface area contributed by atoms with Crippen LogP contribution in [0.15, 0.2) is 36.7 Å². The van der Waals surface area contributed by atoms with E-state index in [1.165, 1.54) is 12.7 Å². The average Bonchev–Trinajstić information content (AvgIpc) is 3.14. The van der Waals surface area contributed by atoms with Crippen molar-refractivity contribution in [2.75, 3.05) is 19.6 Å². The van der Waals surface area contributed by atoms with Gasteiger partial charge in [0.1, 0.15) is 0 Å². The molecule has 1 atom stereocenters. The average molecular weight is 342 g/mol. The minimum atomic E-state index is -1.20. The third kappa shape index (κ3) is 4.06. The summed E-state index contributed by atoms with van der Waals surface area (Å²) in [5.41, 5.74) is 0.870. The van der Waals surface area contributed by atoms with Crippen molar-refractivity contribution in [2.45, 2.75) is 25.3 Å². The van der Waals surface area contributed by atoms with Gasteiger partial charge < -0.3 is 15.4 Å². The van der Waals surface area contributed by atoms with E-state index in [-0.39, 0.29) is 17.4 Å². The molecule has 1 aliphatic heterocycles. The van der Waals surface area contributed by atoms with Crippen LogP contribution < -0.4 is 5.32 Å². The summed E-state index contributed by atoms with van der Waals surface area (Å²) >= 11 is 0. The molecule has 132 valence electrons. The van der Waals surface area contributed by atoms with Crippen LogP contribution in [-0.2, 0) is 0 Å². The smallest absolute Gasteiger partial charge is 0.354 e. The number of imidazole rings is 1. The number of aromatic amines is 1. The van der Waals surface area contributed by atoms with Gasteiger partial charge in [0.25, 0.3) is 5.91 Å². The lowest BCUT2D eigenvalue weighted by Gasteiger charge is -2.35. The molecule has 3 N–H and O–H groups in total. The monoisotopic (exact) mass is 342 g/mol. The second-order valence-corrected chi connectivity index (χ2v) is 6.16. The lowest BCUT2D eigenvalue weighted by molar-refractivity contribution is 0.0684. The molecule has 2 aromatic rings. The zero-order valence-corrected chi connectivity index (χ0v) is 13.9. The number of piperidine rings is 1. The number of benzene rings is 1. The number of nitrogens with one attached hydrogen (secondary N) is 2. The van der Waals surface area contributed by atoms with Gasteiger partial charge in [-0.25, -0.2) is 9.78 Å². The molecule has 0 saturated carbocycles. The van der Waals surface area contributed by atoms with Crippen LogP contribution in [0.5, 0.6) is 0 Å². The molecule has 1 aliphatic rings. The third-order valence-corrected chi connectivity index (χ3v) is 4.54. The second kappa shape index (κ2) is 7.94. The fraction of sp³-hybridized carbons (Fsp3) is 0.389. The number of carboxylic acid groups (broad SMARTS) is 1. The summed E-state index contributed by atoms with van der Waals surface area (Å²) in [5.74, 6) is -1.67. The van der Waals surface area contributed by atoms with Crippen LogP contribution in [0.4, 0.5) is 0 Å². The van der Waals surface area contributed by atoms with E-state index in [1.54, 1.807) is 0 Å². The zero-order chi connectivity index (χ0) is 17.6. The molecule has 3 rings (SSSR count). The quantitative estimate of drug-likeness (QED) is 0.746. The maximum Gasteiger partial charge on any atom is 0.354 e. The molecular weight excluding hydrogens is 320 g/mol. The highest BCUT2D eigenvalue weighted by Crippen LogP contribution is 2.24. The van der Waals surface area contributed by atoms with E-state index in [0.717, 1.165) is 31.5 Å². The number of H-pyrrole nitrogens is 1. The topological polar surface area (TPSA) is 98.3 Å². The van der Waals surface area contributed by atoms with Crippen LogP contribution in [0, 0.1) is 0 Å². The Labute approximate surface area is 146 Å². The Morgan fingerprint density at radius 3 is 2.60 bits per heavy atom. The first-order valence-corrected chi connectivity index (χ1v) is 8.50. The number of aromatic carboxylic acids is 1. The van der Waals surface area contributed by atoms with Crippen molar-refractivity contribution in [3.63, 3.8) is 0 Å². The third-order valence-electron chi connectivity index (χ3n) is 4.54. The van der Waals surface area contributed by atoms with Crippen molar-refractivity contribution >= 4 is 11.9 Å². The number of amides is 1. The van der Waals surface area contributed by atoms with Crippen molar-refractivity contribution in [3.05, 3.63) is 53.6 Å². The minimum absolute atomic E-state index is 0.0673. The first-order valence-electron chi connectivity index (χ1n) is 8.50. The molecule has 7 nitrogen and oxygen atoms in total. The van der Waals surface area contributed by atoms with Crippen LogP contribution in [0.2, 0.25) is 0 Å². The van der Waals surface area contributed by atoms with Gasteiger partial charge in [0.05, 0.1) is 12.4 Å². The number of nitrogens with zero attached hydrogens (tertiary/aromatic N) is 2. The fourth-order valence-corrected chi connectivity index (χ4v) is 3.27. The number of carboxylic acids is 1. The lowest BCUT2D eigenvalue weighted by atomic mass is 10.0. The Hall–Kier alpha value is -2.67. The Kier molecular flexibility index (Phi) is 5.45. The van der Waals surface area contributed by atoms with E-state index >= 15 is 0 Å². The predicted octanol–water partition coefficient (Wildman–Crippen LogP) is 2.06. The number of rotatable bonds is 6. The Balaban J connectivity index is 1.73. The number of carbonyl (C=O) groups excluding carboxylic acids is 1. The van der Waals surface area contributed by atoms with Crippen molar-refractivity contribution < 1.29 is 14.7 Å². The molecule has 0 spiro atoms. The van der Waals surface area contributed by atoms with E-state index in [0.29, 0.717) is 6.54 Å². The summed E-state index contributed by atoms with van der Waals surface area (Å²) in [4.78, 5) is 32.2. The Morgan fingerprint density at radius 1 is 1.20 bits per heavy atom. The molecule has 7 heteroatoms. The van der Waals surface area contributed by atoms with Gasteiger partial charge in [-0.15, -0.1) is 0 Å². The van der Waals surface area contributed by atoms with Crippen LogP contribution in [0.3, 0.4) is 0 Å². The summed E-state index contributed by atoms with van der Waals surface area (Å²) in [5, 5.41) is 12.0. The molecule has 1 amide bonds. The number of likely N-dealkylation sites (tertiary alicyclic amines) is 1. The number of hydrogen-bond donors (Lipinski definition) is 3. The van der Waals surface area contributed by atoms with Gasteiger partial charge in [-0.1, -0.05) is 36.8 Å². The van der Waals surface area contributed by atoms with Gasteiger partial charge in [-0.3, -0.25) is 9.69 Å². The van der Waals surface area contributed by atoms with E-state index in [2.05, 4.69) is 32.3 Å². The van der Waals surface area contributed by atoms with Crippen LogP contribution in [-0.4, -0.2) is 51.5 Å². The lowest BCUT2D eigenvalue weighted by Crippen LogP contribution is -2.41. The molecule has 0 bridgehead atoms. The van der Waals surface area contributed by atoms with Gasteiger partial charge >= 0.3 is 5.97 Å². The highest BCUT2D eigenvalue weighted by atomic mass is 16.4. The van der Waals surface area contributed by atoms with Crippen molar-refractivity contribution in [2.24, 2.45) is 0 Å². The van der Waals surface area contributed by atoms with E-state index in [9.17, 15) is 9.59 Å². The molecule has 1 aromatic carbocycles. The van der Waals surface area contributed by atoms with Gasteiger partial charge in [-0.05, 0) is 31.5 Å². The predicted molar refractivity (Wildman–Crippen MR) is 92.5 cm³/mol. The molecular formula is C18H22N4O3. The van der Waals surface area contributed by atoms with Crippen LogP contribution in [0.25, 0.3) is 0 Å². The molecule has 0 radical (unpaired) electrons. The minimum Gasteiger partial charge on any atom is -0.477 e. The normalized spacial score (nSPS) is 16.3. The molecule has 0 aliphatic carbocycles. The maximum absolute atomic E-state index is 12.4. The second-order valence-electron chi connectivity index (χ2n) is 6.16. The summed E-state index contributed by atoms with van der Waals surface area (Å²) < 4.78 is 0. The molecule has 25 heavy (non-hydrogen) atoms. The summed E-state index contributed by atoms with van der Waals surface area (Å²) in [6, 6.07) is 10.1. The standard InChI is InChI=1S/C18H22N4O3/c23-17(15-16(18(24)25)21-12-20-15)19-11-14(13-7-3-1-4-8-13)22-9-5-2-6-10-22/h1,3-4,7-8,12,14H,2,5-6,9-11H2,(H,19,23)(H,20,21)(H,24,25)/t14-/m1/s1. The zero-order valence-electron chi connectivity index (χ0n) is 13.9. The van der Waals surface area contributed by atoms with Crippen molar-refractivity contribution in [1.29, 1.82) is 0 Å². The Morgan fingerprint density at radius 2 is 1.92 bits per heavy atom. The number of aromatic nitrogens is 2. The largest absolute Gasteiger partial charge is 0.477 e. The molecule has 0 unspecified atom stereocenters. The molecule has 1 fully saturated rings. The first kappa shape index (κ1) is 17.2. The molecule has 1 aromatic heterocycles.